The van der Waals surface area contributed by atoms with Crippen LogP contribution in [0.1, 0.15) is 25.8 Å². The van der Waals surface area contributed by atoms with Crippen molar-refractivity contribution in [3.8, 4) is 5.75 Å². The van der Waals surface area contributed by atoms with E-state index in [1.165, 1.54) is 21.8 Å². The maximum atomic E-state index is 13.3. The Morgan fingerprint density at radius 3 is 2.50 bits per heavy atom. The van der Waals surface area contributed by atoms with Crippen LogP contribution in [0.2, 0.25) is 5.02 Å². The minimum atomic E-state index is 0.0749. The van der Waals surface area contributed by atoms with Crippen LogP contribution in [0.4, 0.5) is 5.13 Å². The first kappa shape index (κ1) is 24.8. The zero-order valence-corrected chi connectivity index (χ0v) is 21.4. The van der Waals surface area contributed by atoms with Crippen LogP contribution in [-0.2, 0) is 4.79 Å². The van der Waals surface area contributed by atoms with Gasteiger partial charge in [0.1, 0.15) is 11.3 Å². The van der Waals surface area contributed by atoms with Gasteiger partial charge in [0.2, 0.25) is 5.91 Å². The Hall–Kier alpha value is -1.80. The normalized spacial score (nSPS) is 11.3. The number of benzene rings is 2. The number of carbonyl (C=O) groups excluding carboxylic acids is 1. The second kappa shape index (κ2) is 11.9. The molecule has 0 unspecified atom stereocenters. The molecular weight excluding hydrogens is 462 g/mol. The van der Waals surface area contributed by atoms with Crippen molar-refractivity contribution < 1.29 is 9.53 Å². The van der Waals surface area contributed by atoms with Gasteiger partial charge in [-0.1, -0.05) is 54.5 Å². The number of carbonyl (C=O) groups is 1. The lowest BCUT2D eigenvalue weighted by Crippen LogP contribution is -2.39. The van der Waals surface area contributed by atoms with Crippen molar-refractivity contribution >= 4 is 56.0 Å². The molecule has 32 heavy (non-hydrogen) atoms. The Kier molecular flexibility index (Phi) is 9.22. The van der Waals surface area contributed by atoms with Crippen LogP contribution < -0.4 is 9.64 Å². The zero-order chi connectivity index (χ0) is 23.1. The third-order valence-corrected chi connectivity index (χ3v) is 7.89. The lowest BCUT2D eigenvalue weighted by atomic mass is 10.2. The van der Waals surface area contributed by atoms with E-state index < -0.39 is 0 Å². The van der Waals surface area contributed by atoms with Gasteiger partial charge in [0.15, 0.2) is 5.13 Å². The van der Waals surface area contributed by atoms with Gasteiger partial charge >= 0.3 is 0 Å². The number of nitrogens with zero attached hydrogens (tertiary/aromatic N) is 3. The molecule has 0 aliphatic heterocycles. The first-order chi connectivity index (χ1) is 15.5. The summed E-state index contributed by atoms with van der Waals surface area (Å²) in [6.45, 7) is 9.63. The SMILES string of the molecule is CCN(CC)CCN(C(=O)CCSc1ccc(C)cc1)c1nc2c(OC)ccc(Cl)c2s1. The van der Waals surface area contributed by atoms with Gasteiger partial charge in [0.25, 0.3) is 0 Å². The van der Waals surface area contributed by atoms with Crippen LogP contribution >= 0.6 is 34.7 Å². The molecular formula is C24H30ClN3O2S2. The number of thioether (sulfide) groups is 1. The van der Waals surface area contributed by atoms with Gasteiger partial charge < -0.3 is 9.64 Å². The predicted molar refractivity (Wildman–Crippen MR) is 138 cm³/mol. The standard InChI is InChI=1S/C24H30ClN3O2S2/c1-5-27(6-2)14-15-28(21(29)13-16-31-18-9-7-17(3)8-10-18)24-26-22-20(30-4)12-11-19(25)23(22)32-24/h7-12H,5-6,13-16H2,1-4H3. The Morgan fingerprint density at radius 1 is 1.12 bits per heavy atom. The van der Waals surface area contributed by atoms with Crippen molar-refractivity contribution in [2.75, 3.05) is 43.9 Å². The summed E-state index contributed by atoms with van der Waals surface area (Å²) in [7, 11) is 1.62. The number of thiazole rings is 1. The Balaban J connectivity index is 1.79. The molecule has 2 aromatic carbocycles. The summed E-state index contributed by atoms with van der Waals surface area (Å²) >= 11 is 9.56. The van der Waals surface area contributed by atoms with Crippen molar-refractivity contribution in [1.82, 2.24) is 9.88 Å². The van der Waals surface area contributed by atoms with Crippen LogP contribution in [0.3, 0.4) is 0 Å². The molecule has 0 spiro atoms. The fourth-order valence-electron chi connectivity index (χ4n) is 3.36. The van der Waals surface area contributed by atoms with E-state index in [1.54, 1.807) is 18.9 Å². The summed E-state index contributed by atoms with van der Waals surface area (Å²) in [6, 6.07) is 12.0. The van der Waals surface area contributed by atoms with Gasteiger partial charge in [-0.15, -0.1) is 11.8 Å². The number of ether oxygens (including phenoxy) is 1. The Labute approximate surface area is 203 Å². The molecule has 0 saturated heterocycles. The summed E-state index contributed by atoms with van der Waals surface area (Å²) in [4.78, 5) is 23.3. The average Bonchev–Trinajstić information content (AvgIpc) is 3.24. The van der Waals surface area contributed by atoms with Crippen molar-refractivity contribution in [2.45, 2.75) is 32.1 Å². The third-order valence-electron chi connectivity index (χ3n) is 5.34. The highest BCUT2D eigenvalue weighted by atomic mass is 35.5. The quantitative estimate of drug-likeness (QED) is 0.302. The zero-order valence-electron chi connectivity index (χ0n) is 19.1. The van der Waals surface area contributed by atoms with Crippen LogP contribution in [0.5, 0.6) is 5.75 Å². The summed E-state index contributed by atoms with van der Waals surface area (Å²) in [5, 5.41) is 1.29. The topological polar surface area (TPSA) is 45.7 Å². The molecule has 5 nitrogen and oxygen atoms in total. The molecule has 3 rings (SSSR count). The molecule has 0 N–H and O–H groups in total. The van der Waals surface area contributed by atoms with E-state index >= 15 is 0 Å². The van der Waals surface area contributed by atoms with Gasteiger partial charge in [-0.3, -0.25) is 9.69 Å². The van der Waals surface area contributed by atoms with Crippen molar-refractivity contribution in [3.05, 3.63) is 47.0 Å². The summed E-state index contributed by atoms with van der Waals surface area (Å²) in [5.74, 6) is 1.46. The van der Waals surface area contributed by atoms with E-state index in [9.17, 15) is 4.79 Å². The third kappa shape index (κ3) is 6.16. The number of aryl methyl sites for hydroxylation is 1. The Bertz CT molecular complexity index is 1040. The van der Waals surface area contributed by atoms with E-state index in [0.717, 1.165) is 30.1 Å². The highest BCUT2D eigenvalue weighted by Crippen LogP contribution is 2.39. The maximum absolute atomic E-state index is 13.3. The second-order valence-electron chi connectivity index (χ2n) is 7.41. The monoisotopic (exact) mass is 491 g/mol. The van der Waals surface area contributed by atoms with Crippen molar-refractivity contribution in [1.29, 1.82) is 0 Å². The maximum Gasteiger partial charge on any atom is 0.229 e. The molecule has 0 fully saturated rings. The first-order valence-electron chi connectivity index (χ1n) is 10.8. The fraction of sp³-hybridized carbons (Fsp3) is 0.417. The average molecular weight is 492 g/mol. The number of hydrogen-bond acceptors (Lipinski definition) is 6. The number of hydrogen-bond donors (Lipinski definition) is 0. The Morgan fingerprint density at radius 2 is 1.84 bits per heavy atom. The molecule has 0 aliphatic rings. The molecule has 3 aromatic rings. The van der Waals surface area contributed by atoms with E-state index in [1.807, 2.05) is 17.0 Å². The van der Waals surface area contributed by atoms with Gasteiger partial charge in [-0.2, -0.15) is 0 Å². The molecule has 0 aliphatic carbocycles. The van der Waals surface area contributed by atoms with Crippen LogP contribution in [-0.4, -0.2) is 54.8 Å². The number of fused-ring (bicyclic) bond motifs is 1. The number of likely N-dealkylation sites (N-methyl/N-ethyl adjacent to an activating group) is 1. The van der Waals surface area contributed by atoms with Crippen LogP contribution in [0.15, 0.2) is 41.3 Å². The largest absolute Gasteiger partial charge is 0.494 e. The number of methoxy groups -OCH3 is 1. The minimum Gasteiger partial charge on any atom is -0.494 e. The second-order valence-corrected chi connectivity index (χ2v) is 9.96. The minimum absolute atomic E-state index is 0.0749. The molecule has 0 saturated carbocycles. The highest BCUT2D eigenvalue weighted by Gasteiger charge is 2.22. The molecule has 172 valence electrons. The first-order valence-corrected chi connectivity index (χ1v) is 13.0. The highest BCUT2D eigenvalue weighted by molar-refractivity contribution is 7.99. The summed E-state index contributed by atoms with van der Waals surface area (Å²) in [6.07, 6.45) is 0.442. The van der Waals surface area contributed by atoms with Gasteiger partial charge in [-0.05, 0) is 44.3 Å². The van der Waals surface area contributed by atoms with E-state index in [4.69, 9.17) is 21.3 Å². The fourth-order valence-corrected chi connectivity index (χ4v) is 5.50. The van der Waals surface area contributed by atoms with Crippen molar-refractivity contribution in [3.63, 3.8) is 0 Å². The molecule has 0 bridgehead atoms. The molecule has 1 aromatic heterocycles. The molecule has 1 amide bonds. The van der Waals surface area contributed by atoms with E-state index in [-0.39, 0.29) is 5.91 Å². The summed E-state index contributed by atoms with van der Waals surface area (Å²) in [5.41, 5.74) is 1.94. The lowest BCUT2D eigenvalue weighted by Gasteiger charge is -2.24. The summed E-state index contributed by atoms with van der Waals surface area (Å²) < 4.78 is 6.31. The predicted octanol–water partition coefficient (Wildman–Crippen LogP) is 6.12. The molecule has 1 heterocycles. The van der Waals surface area contributed by atoms with E-state index in [2.05, 4.69) is 49.9 Å². The van der Waals surface area contributed by atoms with E-state index in [0.29, 0.717) is 34.4 Å². The number of aromatic nitrogens is 1. The van der Waals surface area contributed by atoms with Crippen molar-refractivity contribution in [2.24, 2.45) is 0 Å². The van der Waals surface area contributed by atoms with Gasteiger partial charge in [0.05, 0.1) is 16.8 Å². The molecule has 0 atom stereocenters. The smallest absolute Gasteiger partial charge is 0.229 e. The molecule has 0 radical (unpaired) electrons. The van der Waals surface area contributed by atoms with Crippen LogP contribution in [0, 0.1) is 6.92 Å². The number of amides is 1. The number of anilines is 1. The van der Waals surface area contributed by atoms with Gasteiger partial charge in [-0.25, -0.2) is 4.98 Å². The number of rotatable bonds is 11. The molecule has 8 heteroatoms. The van der Waals surface area contributed by atoms with Crippen LogP contribution in [0.25, 0.3) is 10.2 Å². The number of halogens is 1. The lowest BCUT2D eigenvalue weighted by molar-refractivity contribution is -0.118. The van der Waals surface area contributed by atoms with Gasteiger partial charge in [0, 0.05) is 30.2 Å².